The molecule has 0 unspecified atom stereocenters. The summed E-state index contributed by atoms with van der Waals surface area (Å²) >= 11 is 2.53. The van der Waals surface area contributed by atoms with Gasteiger partial charge < -0.3 is 0 Å². The highest BCUT2D eigenvalue weighted by atomic mass is 127. The zero-order chi connectivity index (χ0) is 13.9. The molecule has 3 aromatic carbocycles. The predicted molar refractivity (Wildman–Crippen MR) is 94.4 cm³/mol. The maximum atomic E-state index is 2.53. The normalized spacial score (nSPS) is 12.6. The third kappa shape index (κ3) is 1.72. The molecule has 0 fully saturated rings. The van der Waals surface area contributed by atoms with Gasteiger partial charge in [0.05, 0.1) is 0 Å². The van der Waals surface area contributed by atoms with Gasteiger partial charge in [0.15, 0.2) is 0 Å². The molecule has 0 saturated carbocycles. The van der Waals surface area contributed by atoms with Crippen molar-refractivity contribution in [1.29, 1.82) is 0 Å². The molecule has 0 heterocycles. The van der Waals surface area contributed by atoms with Crippen molar-refractivity contribution in [3.8, 4) is 11.1 Å². The van der Waals surface area contributed by atoms with E-state index in [9.17, 15) is 0 Å². The maximum Gasteiger partial charge on any atom is 0.0250 e. The molecule has 0 atom stereocenters. The van der Waals surface area contributed by atoms with Gasteiger partial charge in [-0.25, -0.2) is 0 Å². The SMILES string of the molecule is Cc1ccc2c(c1)Cc1c-2cc2ccc(C)cc2c1I. The summed E-state index contributed by atoms with van der Waals surface area (Å²) in [7, 11) is 0. The second-order valence-corrected chi connectivity index (χ2v) is 6.86. The smallest absolute Gasteiger partial charge is 0.0250 e. The second kappa shape index (κ2) is 4.32. The van der Waals surface area contributed by atoms with Crippen LogP contribution in [0.4, 0.5) is 0 Å². The third-order valence-electron chi connectivity index (χ3n) is 4.25. The number of benzene rings is 3. The lowest BCUT2D eigenvalue weighted by Gasteiger charge is -2.09. The lowest BCUT2D eigenvalue weighted by atomic mass is 9.99. The van der Waals surface area contributed by atoms with Gasteiger partial charge in [0.1, 0.15) is 0 Å². The zero-order valence-corrected chi connectivity index (χ0v) is 13.8. The quantitative estimate of drug-likeness (QED) is 0.352. The molecule has 98 valence electrons. The number of fused-ring (bicyclic) bond motifs is 4. The largest absolute Gasteiger partial charge is 0.0587 e. The topological polar surface area (TPSA) is 0 Å². The fraction of sp³-hybridized carbons (Fsp3) is 0.158. The number of halogens is 1. The first kappa shape index (κ1) is 12.4. The summed E-state index contributed by atoms with van der Waals surface area (Å²) in [5, 5.41) is 2.75. The molecule has 0 N–H and O–H groups in total. The van der Waals surface area contributed by atoms with Gasteiger partial charge in [0.25, 0.3) is 0 Å². The van der Waals surface area contributed by atoms with Gasteiger partial charge >= 0.3 is 0 Å². The Bertz CT molecular complexity index is 859. The molecule has 0 nitrogen and oxygen atoms in total. The van der Waals surface area contributed by atoms with Gasteiger partial charge in [0.2, 0.25) is 0 Å². The van der Waals surface area contributed by atoms with E-state index in [4.69, 9.17) is 0 Å². The van der Waals surface area contributed by atoms with Crippen LogP contribution in [0.25, 0.3) is 21.9 Å². The van der Waals surface area contributed by atoms with Crippen LogP contribution in [-0.4, -0.2) is 0 Å². The van der Waals surface area contributed by atoms with Crippen LogP contribution in [0.15, 0.2) is 42.5 Å². The number of aryl methyl sites for hydroxylation is 2. The average Bonchev–Trinajstić information content (AvgIpc) is 2.78. The lowest BCUT2D eigenvalue weighted by Crippen LogP contribution is -1.89. The van der Waals surface area contributed by atoms with Gasteiger partial charge in [-0.15, -0.1) is 0 Å². The first-order valence-corrected chi connectivity index (χ1v) is 8.03. The minimum absolute atomic E-state index is 1.08. The Labute approximate surface area is 133 Å². The summed E-state index contributed by atoms with van der Waals surface area (Å²) in [6.45, 7) is 4.34. The van der Waals surface area contributed by atoms with E-state index in [1.54, 1.807) is 0 Å². The molecule has 3 aromatic rings. The van der Waals surface area contributed by atoms with Gasteiger partial charge in [-0.3, -0.25) is 0 Å². The summed E-state index contributed by atoms with van der Waals surface area (Å²) in [5.74, 6) is 0. The Morgan fingerprint density at radius 1 is 0.850 bits per heavy atom. The van der Waals surface area contributed by atoms with Crippen LogP contribution in [-0.2, 0) is 6.42 Å². The molecule has 0 aliphatic heterocycles. The summed E-state index contributed by atoms with van der Waals surface area (Å²) in [5.41, 5.74) is 8.52. The molecule has 0 radical (unpaired) electrons. The Morgan fingerprint density at radius 2 is 1.60 bits per heavy atom. The number of hydrogen-bond donors (Lipinski definition) is 0. The summed E-state index contributed by atoms with van der Waals surface area (Å²) in [6, 6.07) is 16.0. The predicted octanol–water partition coefficient (Wildman–Crippen LogP) is 5.63. The molecule has 1 aliphatic rings. The monoisotopic (exact) mass is 370 g/mol. The van der Waals surface area contributed by atoms with E-state index in [1.807, 2.05) is 0 Å². The highest BCUT2D eigenvalue weighted by Crippen LogP contribution is 2.42. The summed E-state index contributed by atoms with van der Waals surface area (Å²) in [6.07, 6.45) is 1.08. The van der Waals surface area contributed by atoms with E-state index in [0.29, 0.717) is 0 Å². The zero-order valence-electron chi connectivity index (χ0n) is 11.6. The molecule has 1 heteroatoms. The van der Waals surface area contributed by atoms with Crippen molar-refractivity contribution in [3.05, 3.63) is 68.3 Å². The Hall–Kier alpha value is -1.35. The van der Waals surface area contributed by atoms with E-state index in [1.165, 1.54) is 47.7 Å². The molecule has 0 amide bonds. The highest BCUT2D eigenvalue weighted by molar-refractivity contribution is 14.1. The molecule has 0 bridgehead atoms. The fourth-order valence-corrected chi connectivity index (χ4v) is 4.19. The van der Waals surface area contributed by atoms with Gasteiger partial charge in [-0.05, 0) is 82.0 Å². The first-order valence-electron chi connectivity index (χ1n) is 6.95. The van der Waals surface area contributed by atoms with Crippen LogP contribution in [0.3, 0.4) is 0 Å². The van der Waals surface area contributed by atoms with Crippen molar-refractivity contribution >= 4 is 33.4 Å². The molecule has 4 rings (SSSR count). The van der Waals surface area contributed by atoms with E-state index in [2.05, 4.69) is 78.9 Å². The van der Waals surface area contributed by atoms with Crippen molar-refractivity contribution in [2.75, 3.05) is 0 Å². The van der Waals surface area contributed by atoms with Crippen LogP contribution in [0, 0.1) is 17.4 Å². The van der Waals surface area contributed by atoms with E-state index >= 15 is 0 Å². The average molecular weight is 370 g/mol. The number of rotatable bonds is 0. The first-order chi connectivity index (χ1) is 9.63. The van der Waals surface area contributed by atoms with Crippen molar-refractivity contribution in [3.63, 3.8) is 0 Å². The molecule has 0 saturated heterocycles. The standard InChI is InChI=1S/C19H15I/c1-11-4-6-15-14(7-11)10-18-17(15)9-13-5-3-12(2)8-16(13)19(18)20/h3-9H,10H2,1-2H3. The third-order valence-corrected chi connectivity index (χ3v) is 5.49. The highest BCUT2D eigenvalue weighted by Gasteiger charge is 2.22. The van der Waals surface area contributed by atoms with Crippen LogP contribution in [0.5, 0.6) is 0 Å². The van der Waals surface area contributed by atoms with Crippen LogP contribution in [0.1, 0.15) is 22.3 Å². The molecular formula is C19H15I. The van der Waals surface area contributed by atoms with Crippen LogP contribution >= 0.6 is 22.6 Å². The Morgan fingerprint density at radius 3 is 2.45 bits per heavy atom. The second-order valence-electron chi connectivity index (χ2n) is 5.78. The molecule has 0 spiro atoms. The molecule has 1 aliphatic carbocycles. The van der Waals surface area contributed by atoms with E-state index < -0.39 is 0 Å². The molecule has 0 aromatic heterocycles. The lowest BCUT2D eigenvalue weighted by molar-refractivity contribution is 1.24. The van der Waals surface area contributed by atoms with Crippen molar-refractivity contribution < 1.29 is 0 Å². The van der Waals surface area contributed by atoms with Crippen molar-refractivity contribution in [2.45, 2.75) is 20.3 Å². The van der Waals surface area contributed by atoms with Crippen LogP contribution in [0.2, 0.25) is 0 Å². The molecular weight excluding hydrogens is 355 g/mol. The van der Waals surface area contributed by atoms with E-state index in [-0.39, 0.29) is 0 Å². The summed E-state index contributed by atoms with van der Waals surface area (Å²) in [4.78, 5) is 0. The van der Waals surface area contributed by atoms with Gasteiger partial charge in [0, 0.05) is 3.57 Å². The minimum atomic E-state index is 1.08. The Balaban J connectivity index is 2.07. The summed E-state index contributed by atoms with van der Waals surface area (Å²) < 4.78 is 1.42. The van der Waals surface area contributed by atoms with Gasteiger partial charge in [-0.2, -0.15) is 0 Å². The number of hydrogen-bond acceptors (Lipinski definition) is 0. The van der Waals surface area contributed by atoms with Crippen molar-refractivity contribution in [2.24, 2.45) is 0 Å². The molecule has 20 heavy (non-hydrogen) atoms. The maximum absolute atomic E-state index is 2.53. The van der Waals surface area contributed by atoms with E-state index in [0.717, 1.165) is 6.42 Å². The minimum Gasteiger partial charge on any atom is -0.0587 e. The van der Waals surface area contributed by atoms with Crippen LogP contribution < -0.4 is 0 Å². The van der Waals surface area contributed by atoms with Gasteiger partial charge in [-0.1, -0.05) is 47.5 Å². The van der Waals surface area contributed by atoms with Crippen molar-refractivity contribution in [1.82, 2.24) is 0 Å². The Kier molecular flexibility index (Phi) is 2.68. The fourth-order valence-electron chi connectivity index (χ4n) is 3.24.